The van der Waals surface area contributed by atoms with E-state index in [1.807, 2.05) is 25.1 Å². The highest BCUT2D eigenvalue weighted by atomic mass is 35.5. The molecule has 5 rings (SSSR count). The summed E-state index contributed by atoms with van der Waals surface area (Å²) in [6.45, 7) is 11.2. The second kappa shape index (κ2) is 10.3. The molecule has 3 heterocycles. The van der Waals surface area contributed by atoms with E-state index in [-0.39, 0.29) is 5.91 Å². The van der Waals surface area contributed by atoms with Crippen molar-refractivity contribution in [1.29, 1.82) is 0 Å². The molecule has 184 valence electrons. The molecule has 1 saturated heterocycles. The number of pyridine rings is 1. The summed E-state index contributed by atoms with van der Waals surface area (Å²) in [4.78, 5) is 22.6. The van der Waals surface area contributed by atoms with Gasteiger partial charge in [-0.15, -0.1) is 0 Å². The number of rotatable bonds is 6. The van der Waals surface area contributed by atoms with Gasteiger partial charge in [0.15, 0.2) is 0 Å². The molecule has 4 aromatic rings. The van der Waals surface area contributed by atoms with Crippen molar-refractivity contribution in [3.63, 3.8) is 0 Å². The molecule has 1 aliphatic rings. The smallest absolute Gasteiger partial charge is 0.247 e. The SMILES string of the molecule is C=CC(=O)Nc1cc(-c2c(-c3ccc(CN4CCC(C)CC4)cc3)[nH]c3nccc(Cl)c23)ccc1C. The standard InChI is InChI=1S/C30H31ClN4O/c1-4-26(36)33-25-17-23(8-5-20(25)3)27-28-24(31)11-14-32-30(28)34-29(27)22-9-6-21(7-10-22)18-35-15-12-19(2)13-16-35/h4-11,14,17,19H,1,12-13,15-16,18H2,2-3H3,(H,32,34)(H,33,36). The summed E-state index contributed by atoms with van der Waals surface area (Å²) in [6.07, 6.45) is 5.53. The van der Waals surface area contributed by atoms with E-state index in [2.05, 4.69) is 64.0 Å². The van der Waals surface area contributed by atoms with E-state index >= 15 is 0 Å². The van der Waals surface area contributed by atoms with Gasteiger partial charge in [0.25, 0.3) is 0 Å². The number of anilines is 1. The third-order valence-corrected chi connectivity index (χ3v) is 7.45. The molecular formula is C30H31ClN4O. The number of hydrogen-bond acceptors (Lipinski definition) is 3. The number of piperidine rings is 1. The van der Waals surface area contributed by atoms with Crippen LogP contribution in [-0.4, -0.2) is 33.9 Å². The van der Waals surface area contributed by atoms with Crippen molar-refractivity contribution in [2.45, 2.75) is 33.2 Å². The minimum Gasteiger partial charge on any atom is -0.339 e. The van der Waals surface area contributed by atoms with Crippen LogP contribution in [0.1, 0.15) is 30.9 Å². The predicted molar refractivity (Wildman–Crippen MR) is 149 cm³/mol. The number of aromatic nitrogens is 2. The number of benzene rings is 2. The molecule has 1 aliphatic heterocycles. The first-order chi connectivity index (χ1) is 17.4. The van der Waals surface area contributed by atoms with Gasteiger partial charge in [-0.1, -0.05) is 61.5 Å². The zero-order valence-electron chi connectivity index (χ0n) is 20.8. The minimum atomic E-state index is -0.243. The Labute approximate surface area is 217 Å². The topological polar surface area (TPSA) is 61.0 Å². The van der Waals surface area contributed by atoms with E-state index in [0.717, 1.165) is 70.2 Å². The number of nitrogens with one attached hydrogen (secondary N) is 2. The van der Waals surface area contributed by atoms with Crippen molar-refractivity contribution in [2.24, 2.45) is 5.92 Å². The lowest BCUT2D eigenvalue weighted by Crippen LogP contribution is -2.32. The largest absolute Gasteiger partial charge is 0.339 e. The van der Waals surface area contributed by atoms with Gasteiger partial charge in [-0.25, -0.2) is 4.98 Å². The first kappa shape index (κ1) is 24.3. The number of aromatic amines is 1. The summed E-state index contributed by atoms with van der Waals surface area (Å²) in [5.41, 5.74) is 7.68. The Morgan fingerprint density at radius 3 is 2.61 bits per heavy atom. The molecule has 0 unspecified atom stereocenters. The van der Waals surface area contributed by atoms with Gasteiger partial charge in [-0.3, -0.25) is 9.69 Å². The van der Waals surface area contributed by atoms with Gasteiger partial charge in [-0.2, -0.15) is 0 Å². The Morgan fingerprint density at radius 1 is 1.17 bits per heavy atom. The van der Waals surface area contributed by atoms with Crippen molar-refractivity contribution in [1.82, 2.24) is 14.9 Å². The van der Waals surface area contributed by atoms with Crippen LogP contribution in [0.25, 0.3) is 33.4 Å². The van der Waals surface area contributed by atoms with Crippen molar-refractivity contribution >= 4 is 34.2 Å². The number of amides is 1. The van der Waals surface area contributed by atoms with Gasteiger partial charge >= 0.3 is 0 Å². The molecule has 0 saturated carbocycles. The van der Waals surface area contributed by atoms with Crippen molar-refractivity contribution in [2.75, 3.05) is 18.4 Å². The predicted octanol–water partition coefficient (Wildman–Crippen LogP) is 7.22. The zero-order chi connectivity index (χ0) is 25.2. The van der Waals surface area contributed by atoms with Gasteiger partial charge < -0.3 is 10.3 Å². The number of nitrogens with zero attached hydrogens (tertiary/aromatic N) is 2. The molecule has 0 radical (unpaired) electrons. The normalized spacial score (nSPS) is 14.8. The molecule has 2 N–H and O–H groups in total. The molecular weight excluding hydrogens is 468 g/mol. The highest BCUT2D eigenvalue weighted by Gasteiger charge is 2.20. The summed E-state index contributed by atoms with van der Waals surface area (Å²) >= 11 is 6.69. The fourth-order valence-corrected chi connectivity index (χ4v) is 5.17. The van der Waals surface area contributed by atoms with Crippen LogP contribution in [0.4, 0.5) is 5.69 Å². The first-order valence-electron chi connectivity index (χ1n) is 12.4. The molecule has 1 fully saturated rings. The maximum Gasteiger partial charge on any atom is 0.247 e. The monoisotopic (exact) mass is 498 g/mol. The number of carbonyl (C=O) groups excluding carboxylic acids is 1. The lowest BCUT2D eigenvalue weighted by molar-refractivity contribution is -0.111. The molecule has 0 spiro atoms. The van der Waals surface area contributed by atoms with Gasteiger partial charge in [0.05, 0.1) is 10.7 Å². The summed E-state index contributed by atoms with van der Waals surface area (Å²) in [5, 5.41) is 4.41. The molecule has 0 atom stereocenters. The number of H-pyrrole nitrogens is 1. The Kier molecular flexibility index (Phi) is 6.95. The Bertz CT molecular complexity index is 1420. The van der Waals surface area contributed by atoms with Crippen LogP contribution in [0, 0.1) is 12.8 Å². The molecule has 2 aromatic heterocycles. The lowest BCUT2D eigenvalue weighted by atomic mass is 9.96. The zero-order valence-corrected chi connectivity index (χ0v) is 21.5. The van der Waals surface area contributed by atoms with Gasteiger partial charge in [-0.05, 0) is 79.2 Å². The highest BCUT2D eigenvalue weighted by molar-refractivity contribution is 6.36. The molecule has 2 aromatic carbocycles. The molecule has 6 heteroatoms. The van der Waals surface area contributed by atoms with Crippen LogP contribution < -0.4 is 5.32 Å². The van der Waals surface area contributed by atoms with Crippen LogP contribution in [0.2, 0.25) is 5.02 Å². The van der Waals surface area contributed by atoms with E-state index in [4.69, 9.17) is 11.6 Å². The molecule has 0 aliphatic carbocycles. The third-order valence-electron chi connectivity index (χ3n) is 7.14. The second-order valence-electron chi connectivity index (χ2n) is 9.77. The second-order valence-corrected chi connectivity index (χ2v) is 10.2. The maximum absolute atomic E-state index is 12.0. The summed E-state index contributed by atoms with van der Waals surface area (Å²) in [5.74, 6) is 0.588. The van der Waals surface area contributed by atoms with Gasteiger partial charge in [0.1, 0.15) is 5.65 Å². The highest BCUT2D eigenvalue weighted by Crippen LogP contribution is 2.41. The fraction of sp³-hybridized carbons (Fsp3) is 0.267. The summed E-state index contributed by atoms with van der Waals surface area (Å²) < 4.78 is 0. The lowest BCUT2D eigenvalue weighted by Gasteiger charge is -2.30. The molecule has 36 heavy (non-hydrogen) atoms. The van der Waals surface area contributed by atoms with Crippen LogP contribution in [0.15, 0.2) is 67.4 Å². The number of aryl methyl sites for hydroxylation is 1. The summed E-state index contributed by atoms with van der Waals surface area (Å²) in [6, 6.07) is 16.6. The third kappa shape index (κ3) is 4.95. The van der Waals surface area contributed by atoms with Crippen LogP contribution in [0.3, 0.4) is 0 Å². The molecule has 1 amide bonds. The van der Waals surface area contributed by atoms with E-state index in [9.17, 15) is 4.79 Å². The van der Waals surface area contributed by atoms with E-state index in [1.165, 1.54) is 24.5 Å². The Hall–Kier alpha value is -3.41. The average Bonchev–Trinajstić information content (AvgIpc) is 3.28. The van der Waals surface area contributed by atoms with E-state index in [0.29, 0.717) is 5.02 Å². The van der Waals surface area contributed by atoms with Crippen LogP contribution in [-0.2, 0) is 11.3 Å². The average molecular weight is 499 g/mol. The number of likely N-dealkylation sites (tertiary alicyclic amines) is 1. The number of hydrogen-bond donors (Lipinski definition) is 2. The van der Waals surface area contributed by atoms with Crippen molar-refractivity contribution < 1.29 is 4.79 Å². The number of halogens is 1. The maximum atomic E-state index is 12.0. The molecule has 5 nitrogen and oxygen atoms in total. The summed E-state index contributed by atoms with van der Waals surface area (Å²) in [7, 11) is 0. The van der Waals surface area contributed by atoms with Crippen molar-refractivity contribution in [3.8, 4) is 22.4 Å². The minimum absolute atomic E-state index is 0.243. The first-order valence-corrected chi connectivity index (χ1v) is 12.8. The van der Waals surface area contributed by atoms with Gasteiger partial charge in [0, 0.05) is 29.4 Å². The van der Waals surface area contributed by atoms with Gasteiger partial charge in [0.2, 0.25) is 5.91 Å². The molecule has 0 bridgehead atoms. The Morgan fingerprint density at radius 2 is 1.89 bits per heavy atom. The van der Waals surface area contributed by atoms with Crippen LogP contribution in [0.5, 0.6) is 0 Å². The van der Waals surface area contributed by atoms with Crippen molar-refractivity contribution in [3.05, 3.63) is 83.5 Å². The Balaban J connectivity index is 1.54. The van der Waals surface area contributed by atoms with E-state index in [1.54, 1.807) is 6.20 Å². The fourth-order valence-electron chi connectivity index (χ4n) is 4.93. The quantitative estimate of drug-likeness (QED) is 0.276. The van der Waals surface area contributed by atoms with Crippen LogP contribution >= 0.6 is 11.6 Å². The van der Waals surface area contributed by atoms with E-state index < -0.39 is 0 Å². The number of carbonyl (C=O) groups is 1. The number of fused-ring (bicyclic) bond motifs is 1.